The zero-order chi connectivity index (χ0) is 16.6. The van der Waals surface area contributed by atoms with Crippen LogP contribution in [0.4, 0.5) is 19.1 Å². The van der Waals surface area contributed by atoms with Crippen molar-refractivity contribution >= 4 is 28.6 Å². The number of nitrogens with zero attached hydrogens (tertiary/aromatic N) is 3. The van der Waals surface area contributed by atoms with Crippen LogP contribution in [0.15, 0.2) is 36.4 Å². The highest BCUT2D eigenvalue weighted by Crippen LogP contribution is 2.36. The highest BCUT2D eigenvalue weighted by atomic mass is 35.5. The van der Waals surface area contributed by atoms with Gasteiger partial charge in [0, 0.05) is 6.07 Å². The van der Waals surface area contributed by atoms with Crippen LogP contribution in [0.3, 0.4) is 0 Å². The van der Waals surface area contributed by atoms with Crippen LogP contribution in [0.2, 0.25) is 5.02 Å². The van der Waals surface area contributed by atoms with E-state index in [9.17, 15) is 13.2 Å². The lowest BCUT2D eigenvalue weighted by atomic mass is 10.2. The third-order valence-corrected chi connectivity index (χ3v) is 3.22. The fraction of sp³-hybridized carbons (Fsp3) is 0.0714. The first kappa shape index (κ1) is 15.3. The Balaban J connectivity index is 1.92. The SMILES string of the molecule is Nc1nnc2ccc(Oc3ccc(C(F)(F)F)cc3Cl)cc2n1. The Hall–Kier alpha value is -2.61. The number of ether oxygens (including phenoxy) is 1. The van der Waals surface area contributed by atoms with Gasteiger partial charge in [-0.3, -0.25) is 0 Å². The number of fused-ring (bicyclic) bond motifs is 1. The molecule has 5 nitrogen and oxygen atoms in total. The molecule has 1 aromatic heterocycles. The smallest absolute Gasteiger partial charge is 0.416 e. The summed E-state index contributed by atoms with van der Waals surface area (Å²) in [6.45, 7) is 0. The van der Waals surface area contributed by atoms with E-state index in [2.05, 4.69) is 15.2 Å². The highest BCUT2D eigenvalue weighted by Gasteiger charge is 2.31. The minimum Gasteiger partial charge on any atom is -0.456 e. The second-order valence-corrected chi connectivity index (χ2v) is 4.97. The lowest BCUT2D eigenvalue weighted by molar-refractivity contribution is -0.137. The van der Waals surface area contributed by atoms with Gasteiger partial charge >= 0.3 is 6.18 Å². The minimum absolute atomic E-state index is 0.00205. The van der Waals surface area contributed by atoms with Gasteiger partial charge in [0.25, 0.3) is 0 Å². The molecule has 118 valence electrons. The van der Waals surface area contributed by atoms with Crippen molar-refractivity contribution in [1.82, 2.24) is 15.2 Å². The van der Waals surface area contributed by atoms with Crippen molar-refractivity contribution < 1.29 is 17.9 Å². The standard InChI is InChI=1S/C14H8ClF3N4O/c15-9-5-7(14(16,17)18)1-4-12(9)23-8-2-3-10-11(6-8)20-13(19)22-21-10/h1-6H,(H2,19,20,22). The summed E-state index contributed by atoms with van der Waals surface area (Å²) in [5, 5.41) is 7.30. The van der Waals surface area contributed by atoms with Crippen LogP contribution in [0.25, 0.3) is 11.0 Å². The number of alkyl halides is 3. The molecule has 1 heterocycles. The zero-order valence-electron chi connectivity index (χ0n) is 11.3. The zero-order valence-corrected chi connectivity index (χ0v) is 12.1. The van der Waals surface area contributed by atoms with E-state index in [0.717, 1.165) is 18.2 Å². The molecule has 0 unspecified atom stereocenters. The number of nitrogens with two attached hydrogens (primary N) is 1. The molecule has 3 aromatic rings. The van der Waals surface area contributed by atoms with E-state index in [1.165, 1.54) is 6.07 Å². The first-order chi connectivity index (χ1) is 10.8. The third-order valence-electron chi connectivity index (χ3n) is 2.93. The van der Waals surface area contributed by atoms with Crippen molar-refractivity contribution in [2.45, 2.75) is 6.18 Å². The molecule has 9 heteroatoms. The van der Waals surface area contributed by atoms with Crippen molar-refractivity contribution in [2.75, 3.05) is 5.73 Å². The minimum atomic E-state index is -4.47. The van der Waals surface area contributed by atoms with Crippen molar-refractivity contribution in [1.29, 1.82) is 0 Å². The summed E-state index contributed by atoms with van der Waals surface area (Å²) in [5.74, 6) is 0.426. The Bertz CT molecular complexity index is 886. The van der Waals surface area contributed by atoms with Gasteiger partial charge in [-0.25, -0.2) is 4.98 Å². The molecule has 2 N–H and O–H groups in total. The monoisotopic (exact) mass is 340 g/mol. The van der Waals surface area contributed by atoms with E-state index in [-0.39, 0.29) is 16.7 Å². The number of anilines is 1. The van der Waals surface area contributed by atoms with E-state index in [1.54, 1.807) is 12.1 Å². The molecule has 0 saturated heterocycles. The second-order valence-electron chi connectivity index (χ2n) is 4.57. The fourth-order valence-corrected chi connectivity index (χ4v) is 2.10. The molecule has 0 atom stereocenters. The molecule has 0 amide bonds. The predicted octanol–water partition coefficient (Wildman–Crippen LogP) is 4.07. The first-order valence-corrected chi connectivity index (χ1v) is 6.65. The molecular weight excluding hydrogens is 333 g/mol. The largest absolute Gasteiger partial charge is 0.456 e. The second kappa shape index (κ2) is 5.54. The normalized spacial score (nSPS) is 11.7. The molecule has 0 aliphatic heterocycles. The summed E-state index contributed by atoms with van der Waals surface area (Å²) in [6, 6.07) is 7.56. The average molecular weight is 341 g/mol. The van der Waals surface area contributed by atoms with E-state index in [1.807, 2.05) is 0 Å². The Labute approximate surface area is 132 Å². The number of hydrogen-bond acceptors (Lipinski definition) is 5. The number of rotatable bonds is 2. The Kier molecular flexibility index (Phi) is 3.69. The van der Waals surface area contributed by atoms with Crippen molar-refractivity contribution in [2.24, 2.45) is 0 Å². The van der Waals surface area contributed by atoms with Crippen LogP contribution in [0.1, 0.15) is 5.56 Å². The Morgan fingerprint density at radius 1 is 1.00 bits per heavy atom. The molecule has 0 spiro atoms. The molecule has 0 radical (unpaired) electrons. The summed E-state index contributed by atoms with van der Waals surface area (Å²) >= 11 is 5.85. The maximum Gasteiger partial charge on any atom is 0.416 e. The summed E-state index contributed by atoms with van der Waals surface area (Å²) in [4.78, 5) is 3.99. The van der Waals surface area contributed by atoms with Gasteiger partial charge in [0.1, 0.15) is 17.0 Å². The van der Waals surface area contributed by atoms with Crippen LogP contribution < -0.4 is 10.5 Å². The molecule has 0 saturated carbocycles. The number of halogens is 4. The van der Waals surface area contributed by atoms with Gasteiger partial charge in [-0.1, -0.05) is 11.6 Å². The van der Waals surface area contributed by atoms with E-state index >= 15 is 0 Å². The van der Waals surface area contributed by atoms with Crippen LogP contribution in [-0.2, 0) is 6.18 Å². The van der Waals surface area contributed by atoms with Crippen LogP contribution in [-0.4, -0.2) is 15.2 Å². The average Bonchev–Trinajstić information content (AvgIpc) is 2.48. The van der Waals surface area contributed by atoms with E-state index in [4.69, 9.17) is 22.1 Å². The van der Waals surface area contributed by atoms with Crippen LogP contribution in [0, 0.1) is 0 Å². The molecule has 3 rings (SSSR count). The van der Waals surface area contributed by atoms with Gasteiger partial charge in [0.15, 0.2) is 0 Å². The summed E-state index contributed by atoms with van der Waals surface area (Å²) in [6.07, 6.45) is -4.47. The number of aromatic nitrogens is 3. The number of nitrogen functional groups attached to an aromatic ring is 1. The van der Waals surface area contributed by atoms with Crippen molar-refractivity contribution in [3.05, 3.63) is 47.0 Å². The van der Waals surface area contributed by atoms with Gasteiger partial charge in [-0.15, -0.1) is 10.2 Å². The highest BCUT2D eigenvalue weighted by molar-refractivity contribution is 6.32. The first-order valence-electron chi connectivity index (χ1n) is 6.27. The molecular formula is C14H8ClF3N4O. The van der Waals surface area contributed by atoms with Gasteiger partial charge in [0.05, 0.1) is 16.1 Å². The van der Waals surface area contributed by atoms with Gasteiger partial charge in [-0.2, -0.15) is 13.2 Å². The van der Waals surface area contributed by atoms with E-state index < -0.39 is 11.7 Å². The summed E-state index contributed by atoms with van der Waals surface area (Å²) in [5.41, 5.74) is 5.55. The molecule has 0 aliphatic carbocycles. The van der Waals surface area contributed by atoms with Crippen LogP contribution in [0.5, 0.6) is 11.5 Å². The number of hydrogen-bond donors (Lipinski definition) is 1. The van der Waals surface area contributed by atoms with E-state index in [0.29, 0.717) is 16.8 Å². The maximum absolute atomic E-state index is 12.6. The molecule has 0 aliphatic rings. The van der Waals surface area contributed by atoms with Crippen molar-refractivity contribution in [3.63, 3.8) is 0 Å². The Morgan fingerprint density at radius 3 is 2.48 bits per heavy atom. The van der Waals surface area contributed by atoms with Gasteiger partial charge in [-0.05, 0) is 30.3 Å². The number of benzene rings is 2. The molecule has 0 bridgehead atoms. The van der Waals surface area contributed by atoms with Gasteiger partial charge < -0.3 is 10.5 Å². The third kappa shape index (κ3) is 3.26. The summed E-state index contributed by atoms with van der Waals surface area (Å²) in [7, 11) is 0. The predicted molar refractivity (Wildman–Crippen MR) is 78.3 cm³/mol. The van der Waals surface area contributed by atoms with Crippen LogP contribution >= 0.6 is 11.6 Å². The molecule has 2 aromatic carbocycles. The lowest BCUT2D eigenvalue weighted by Gasteiger charge is -2.11. The van der Waals surface area contributed by atoms with Crippen molar-refractivity contribution in [3.8, 4) is 11.5 Å². The maximum atomic E-state index is 12.6. The van der Waals surface area contributed by atoms with Gasteiger partial charge in [0.2, 0.25) is 5.95 Å². The molecule has 0 fully saturated rings. The lowest BCUT2D eigenvalue weighted by Crippen LogP contribution is -2.04. The topological polar surface area (TPSA) is 73.9 Å². The quantitative estimate of drug-likeness (QED) is 0.761. The summed E-state index contributed by atoms with van der Waals surface area (Å²) < 4.78 is 43.3. The molecule has 23 heavy (non-hydrogen) atoms. The Morgan fingerprint density at radius 2 is 1.78 bits per heavy atom. The fourth-order valence-electron chi connectivity index (χ4n) is 1.88.